The Hall–Kier alpha value is -0.610. The van der Waals surface area contributed by atoms with Crippen molar-refractivity contribution in [3.05, 3.63) is 0 Å². The first-order valence-electron chi connectivity index (χ1n) is 2.42. The van der Waals surface area contributed by atoms with Gasteiger partial charge in [-0.25, -0.2) is 0 Å². The third kappa shape index (κ3) is 5.39. The molecule has 48 valence electrons. The number of nitrogens with two attached hydrogens (primary N) is 1. The highest BCUT2D eigenvalue weighted by Crippen LogP contribution is 1.53. The molecule has 4 nitrogen and oxygen atoms in total. The molecule has 0 saturated carbocycles. The Morgan fingerprint density at radius 3 is 2.75 bits per heavy atom. The molecular formula is C4H11N3O. The van der Waals surface area contributed by atoms with Crippen LogP contribution in [0.1, 0.15) is 6.92 Å². The van der Waals surface area contributed by atoms with Crippen LogP contribution in [0.15, 0.2) is 0 Å². The molecular weight excluding hydrogens is 106 g/mol. The Bertz CT molecular complexity index is 73.7. The predicted octanol–water partition coefficient (Wildman–Crippen LogP) is -1.41. The van der Waals surface area contributed by atoms with Gasteiger partial charge >= 0.3 is 0 Å². The van der Waals surface area contributed by atoms with Crippen LogP contribution in [0.3, 0.4) is 0 Å². The van der Waals surface area contributed by atoms with E-state index in [-0.39, 0.29) is 5.91 Å². The fraction of sp³-hybridized carbons (Fsp3) is 0.750. The van der Waals surface area contributed by atoms with Crippen LogP contribution in [0.25, 0.3) is 0 Å². The van der Waals surface area contributed by atoms with Gasteiger partial charge in [0, 0.05) is 13.6 Å². The molecule has 0 radical (unpaired) electrons. The lowest BCUT2D eigenvalue weighted by Gasteiger charge is -1.99. The summed E-state index contributed by atoms with van der Waals surface area (Å²) in [5.41, 5.74) is 5.05. The first kappa shape index (κ1) is 7.39. The smallest absolute Gasteiger partial charge is 0.217 e. The quantitative estimate of drug-likeness (QED) is 0.314. The van der Waals surface area contributed by atoms with Gasteiger partial charge in [0.25, 0.3) is 0 Å². The summed E-state index contributed by atoms with van der Waals surface area (Å²) in [7, 11) is 0. The van der Waals surface area contributed by atoms with Crippen LogP contribution in [0.5, 0.6) is 0 Å². The van der Waals surface area contributed by atoms with E-state index in [4.69, 9.17) is 5.73 Å². The van der Waals surface area contributed by atoms with Gasteiger partial charge in [-0.2, -0.15) is 0 Å². The maximum Gasteiger partial charge on any atom is 0.217 e. The Morgan fingerprint density at radius 1 is 1.75 bits per heavy atom. The summed E-state index contributed by atoms with van der Waals surface area (Å²) < 4.78 is 0. The predicted molar refractivity (Wildman–Crippen MR) is 30.9 cm³/mol. The molecule has 1 amide bonds. The second-order valence-electron chi connectivity index (χ2n) is 1.36. The third-order valence-electron chi connectivity index (χ3n) is 0.607. The minimum atomic E-state index is -0.0500. The van der Waals surface area contributed by atoms with Crippen LogP contribution in [-0.4, -0.2) is 19.2 Å². The molecule has 0 aliphatic heterocycles. The molecule has 4 N–H and O–H groups in total. The molecule has 0 unspecified atom stereocenters. The van der Waals surface area contributed by atoms with Crippen LogP contribution in [0, 0.1) is 0 Å². The van der Waals surface area contributed by atoms with E-state index in [1.165, 1.54) is 6.92 Å². The van der Waals surface area contributed by atoms with E-state index in [0.717, 1.165) is 0 Å². The van der Waals surface area contributed by atoms with Crippen LogP contribution >= 0.6 is 0 Å². The van der Waals surface area contributed by atoms with Crippen LogP contribution in [-0.2, 0) is 4.79 Å². The van der Waals surface area contributed by atoms with Crippen LogP contribution in [0.4, 0.5) is 0 Å². The Morgan fingerprint density at radius 2 is 2.38 bits per heavy atom. The largest absolute Gasteiger partial charge is 0.344 e. The Kier molecular flexibility index (Phi) is 4.20. The van der Waals surface area contributed by atoms with E-state index in [1.807, 2.05) is 0 Å². The number of carbonyl (C=O) groups excluding carboxylic acids is 1. The minimum absolute atomic E-state index is 0.0500. The van der Waals surface area contributed by atoms with Gasteiger partial charge in [-0.15, -0.1) is 0 Å². The highest BCUT2D eigenvalue weighted by molar-refractivity contribution is 5.72. The molecule has 0 aromatic carbocycles. The van der Waals surface area contributed by atoms with Crippen molar-refractivity contribution in [2.75, 3.05) is 13.3 Å². The molecule has 0 atom stereocenters. The maximum absolute atomic E-state index is 10.1. The van der Waals surface area contributed by atoms with Gasteiger partial charge in [0.15, 0.2) is 0 Å². The zero-order valence-corrected chi connectivity index (χ0v) is 4.90. The van der Waals surface area contributed by atoms with Crippen molar-refractivity contribution in [2.45, 2.75) is 6.92 Å². The van der Waals surface area contributed by atoms with Crippen LogP contribution in [0.2, 0.25) is 0 Å². The van der Waals surface area contributed by atoms with E-state index < -0.39 is 0 Å². The average Bonchev–Trinajstić information content (AvgIpc) is 1.66. The first-order valence-corrected chi connectivity index (χ1v) is 2.42. The first-order chi connectivity index (χ1) is 3.77. The maximum atomic E-state index is 10.1. The Balaban J connectivity index is 2.82. The highest BCUT2D eigenvalue weighted by Gasteiger charge is 1.84. The van der Waals surface area contributed by atoms with E-state index in [1.54, 1.807) is 0 Å². The van der Waals surface area contributed by atoms with Crippen molar-refractivity contribution in [3.8, 4) is 0 Å². The summed E-state index contributed by atoms with van der Waals surface area (Å²) in [5.74, 6) is -0.0500. The van der Waals surface area contributed by atoms with E-state index in [2.05, 4.69) is 10.6 Å². The molecule has 0 rings (SSSR count). The van der Waals surface area contributed by atoms with Crippen molar-refractivity contribution in [1.82, 2.24) is 10.6 Å². The molecule has 0 aliphatic carbocycles. The van der Waals surface area contributed by atoms with E-state index in [0.29, 0.717) is 13.3 Å². The lowest BCUT2D eigenvalue weighted by atomic mass is 10.7. The lowest BCUT2D eigenvalue weighted by molar-refractivity contribution is -0.119. The normalized spacial score (nSPS) is 8.75. The highest BCUT2D eigenvalue weighted by atomic mass is 16.1. The molecule has 8 heavy (non-hydrogen) atoms. The van der Waals surface area contributed by atoms with Gasteiger partial charge in [-0.1, -0.05) is 0 Å². The third-order valence-corrected chi connectivity index (χ3v) is 0.607. The molecule has 0 aliphatic rings. The van der Waals surface area contributed by atoms with Crippen molar-refractivity contribution in [2.24, 2.45) is 5.73 Å². The molecule has 0 fully saturated rings. The van der Waals surface area contributed by atoms with Gasteiger partial charge in [0.1, 0.15) is 0 Å². The van der Waals surface area contributed by atoms with Crippen molar-refractivity contribution in [3.63, 3.8) is 0 Å². The summed E-state index contributed by atoms with van der Waals surface area (Å²) in [6.07, 6.45) is 0. The molecule has 0 heterocycles. The van der Waals surface area contributed by atoms with Gasteiger partial charge in [-0.3, -0.25) is 10.1 Å². The molecule has 0 aromatic rings. The summed E-state index contributed by atoms with van der Waals surface area (Å²) in [6.45, 7) is 2.30. The van der Waals surface area contributed by atoms with Crippen molar-refractivity contribution >= 4 is 5.91 Å². The summed E-state index contributed by atoms with van der Waals surface area (Å²) in [6, 6.07) is 0. The number of hydrogen-bond acceptors (Lipinski definition) is 3. The molecule has 4 heteroatoms. The van der Waals surface area contributed by atoms with Crippen LogP contribution < -0.4 is 16.4 Å². The molecule has 0 aromatic heterocycles. The van der Waals surface area contributed by atoms with Gasteiger partial charge in [0.2, 0.25) is 5.91 Å². The molecule has 0 saturated heterocycles. The standard InChI is InChI=1S/C4H11N3O/c1-4(8)7-3-6-2-5/h6H,2-3,5H2,1H3,(H,7,8). The lowest BCUT2D eigenvalue weighted by Crippen LogP contribution is -2.35. The second-order valence-corrected chi connectivity index (χ2v) is 1.36. The minimum Gasteiger partial charge on any atom is -0.344 e. The van der Waals surface area contributed by atoms with Crippen molar-refractivity contribution in [1.29, 1.82) is 0 Å². The average molecular weight is 117 g/mol. The fourth-order valence-electron chi connectivity index (χ4n) is 0.259. The summed E-state index contributed by atoms with van der Waals surface area (Å²) in [5, 5.41) is 5.24. The van der Waals surface area contributed by atoms with Gasteiger partial charge < -0.3 is 11.1 Å². The van der Waals surface area contributed by atoms with E-state index in [9.17, 15) is 4.79 Å². The zero-order chi connectivity index (χ0) is 6.41. The fourth-order valence-corrected chi connectivity index (χ4v) is 0.259. The zero-order valence-electron chi connectivity index (χ0n) is 4.90. The van der Waals surface area contributed by atoms with Crippen molar-refractivity contribution < 1.29 is 4.79 Å². The topological polar surface area (TPSA) is 67.2 Å². The molecule has 0 bridgehead atoms. The number of amides is 1. The number of hydrogen-bond donors (Lipinski definition) is 3. The number of carbonyl (C=O) groups is 1. The number of nitrogens with one attached hydrogen (secondary N) is 2. The Labute approximate surface area is 48.4 Å². The summed E-state index contributed by atoms with van der Waals surface area (Å²) in [4.78, 5) is 10.1. The second kappa shape index (κ2) is 4.55. The molecule has 0 spiro atoms. The van der Waals surface area contributed by atoms with E-state index >= 15 is 0 Å². The monoisotopic (exact) mass is 117 g/mol. The number of rotatable bonds is 3. The SMILES string of the molecule is CC(=O)NCNCN. The van der Waals surface area contributed by atoms with Gasteiger partial charge in [0.05, 0.1) is 6.67 Å². The van der Waals surface area contributed by atoms with Gasteiger partial charge in [-0.05, 0) is 0 Å². The summed E-state index contributed by atoms with van der Waals surface area (Å²) >= 11 is 0.